The summed E-state index contributed by atoms with van der Waals surface area (Å²) in [5.74, 6) is 1.13. The Morgan fingerprint density at radius 2 is 1.80 bits per heavy atom. The van der Waals surface area contributed by atoms with Crippen molar-refractivity contribution in [1.82, 2.24) is 25.1 Å². The lowest BCUT2D eigenvalue weighted by atomic mass is 10.2. The number of nitrogens with one attached hydrogen (secondary N) is 2. The van der Waals surface area contributed by atoms with Gasteiger partial charge in [0.1, 0.15) is 10.6 Å². The Kier molecular flexibility index (Phi) is 5.06. The molecule has 4 rings (SSSR count). The zero-order valence-electron chi connectivity index (χ0n) is 16.4. The maximum atomic E-state index is 11.9. The first-order valence-electron chi connectivity index (χ1n) is 9.04. The number of rotatable bonds is 6. The maximum Gasteiger partial charge on any atom is 0.240 e. The van der Waals surface area contributed by atoms with Gasteiger partial charge in [-0.3, -0.25) is 5.10 Å². The standard InChI is InChI=1S/C19H20N8O2S/c1-27(2)19-23-17(22-18(24-19)21-11-12-7-4-3-5-8-12)16-13-9-6-10-14(30(20,28)29)15(13)25-26-16/h3-10H,11H2,1-2H3,(H,25,26)(H2,20,28,29)(H,21,22,23,24). The number of aromatic nitrogens is 5. The van der Waals surface area contributed by atoms with E-state index in [2.05, 4.69) is 30.5 Å². The number of para-hydroxylation sites is 1. The third kappa shape index (κ3) is 3.93. The summed E-state index contributed by atoms with van der Waals surface area (Å²) in [7, 11) is -0.270. The molecule has 0 atom stereocenters. The van der Waals surface area contributed by atoms with E-state index >= 15 is 0 Å². The molecule has 0 spiro atoms. The lowest BCUT2D eigenvalue weighted by Gasteiger charge is -2.13. The Balaban J connectivity index is 1.78. The zero-order valence-corrected chi connectivity index (χ0v) is 17.2. The Hall–Kier alpha value is -3.57. The number of fused-ring (bicyclic) bond motifs is 1. The summed E-state index contributed by atoms with van der Waals surface area (Å²) >= 11 is 0. The molecular weight excluding hydrogens is 404 g/mol. The number of aromatic amines is 1. The van der Waals surface area contributed by atoms with E-state index in [-0.39, 0.29) is 4.90 Å². The molecule has 0 aliphatic carbocycles. The Bertz CT molecular complexity index is 1300. The molecule has 2 aromatic heterocycles. The number of benzene rings is 2. The van der Waals surface area contributed by atoms with Gasteiger partial charge in [-0.05, 0) is 11.6 Å². The van der Waals surface area contributed by atoms with Gasteiger partial charge >= 0.3 is 0 Å². The second-order valence-electron chi connectivity index (χ2n) is 6.81. The molecule has 0 aliphatic rings. The molecular formula is C19H20N8O2S. The molecule has 154 valence electrons. The summed E-state index contributed by atoms with van der Waals surface area (Å²) in [6.45, 7) is 0.536. The average molecular weight is 424 g/mol. The molecule has 2 heterocycles. The van der Waals surface area contributed by atoms with E-state index in [9.17, 15) is 8.42 Å². The summed E-state index contributed by atoms with van der Waals surface area (Å²) in [4.78, 5) is 15.1. The van der Waals surface area contributed by atoms with E-state index in [1.807, 2.05) is 44.4 Å². The van der Waals surface area contributed by atoms with Crippen LogP contribution in [-0.2, 0) is 16.6 Å². The monoisotopic (exact) mass is 424 g/mol. The van der Waals surface area contributed by atoms with Crippen molar-refractivity contribution in [2.45, 2.75) is 11.4 Å². The van der Waals surface area contributed by atoms with Crippen molar-refractivity contribution in [3.8, 4) is 11.5 Å². The highest BCUT2D eigenvalue weighted by atomic mass is 32.2. The first-order valence-corrected chi connectivity index (χ1v) is 10.6. The van der Waals surface area contributed by atoms with Crippen LogP contribution in [0.25, 0.3) is 22.4 Å². The molecule has 0 radical (unpaired) electrons. The smallest absolute Gasteiger partial charge is 0.240 e. The SMILES string of the molecule is CN(C)c1nc(NCc2ccccc2)nc(-c2n[nH]c3c(S(N)(=O)=O)cccc23)n1. The number of nitrogens with zero attached hydrogens (tertiary/aromatic N) is 5. The second-order valence-corrected chi connectivity index (χ2v) is 8.34. The summed E-state index contributed by atoms with van der Waals surface area (Å²) in [5, 5.41) is 16.1. The van der Waals surface area contributed by atoms with Crippen molar-refractivity contribution in [1.29, 1.82) is 0 Å². The summed E-state index contributed by atoms with van der Waals surface area (Å²) in [6.07, 6.45) is 0. The topological polar surface area (TPSA) is 143 Å². The van der Waals surface area contributed by atoms with Crippen LogP contribution in [0.1, 0.15) is 5.56 Å². The molecule has 30 heavy (non-hydrogen) atoms. The predicted octanol–water partition coefficient (Wildman–Crippen LogP) is 1.74. The minimum absolute atomic E-state index is 0.0388. The van der Waals surface area contributed by atoms with Gasteiger partial charge in [0, 0.05) is 26.0 Å². The maximum absolute atomic E-state index is 11.9. The molecule has 4 N–H and O–H groups in total. The fraction of sp³-hybridized carbons (Fsp3) is 0.158. The average Bonchev–Trinajstić information content (AvgIpc) is 3.16. The fourth-order valence-electron chi connectivity index (χ4n) is 2.95. The molecule has 0 fully saturated rings. The van der Waals surface area contributed by atoms with Crippen LogP contribution in [0.5, 0.6) is 0 Å². The lowest BCUT2D eigenvalue weighted by molar-refractivity contribution is 0.598. The molecule has 2 aromatic carbocycles. The second kappa shape index (κ2) is 7.69. The van der Waals surface area contributed by atoms with Gasteiger partial charge in [0.25, 0.3) is 0 Å². The van der Waals surface area contributed by atoms with Crippen molar-refractivity contribution in [2.75, 3.05) is 24.3 Å². The largest absolute Gasteiger partial charge is 0.350 e. The number of sulfonamides is 1. The van der Waals surface area contributed by atoms with Crippen LogP contribution in [0.4, 0.5) is 11.9 Å². The summed E-state index contributed by atoms with van der Waals surface area (Å²) in [5.41, 5.74) is 1.79. The highest BCUT2D eigenvalue weighted by molar-refractivity contribution is 7.89. The molecule has 0 saturated heterocycles. The number of primary sulfonamides is 1. The highest BCUT2D eigenvalue weighted by Crippen LogP contribution is 2.28. The molecule has 4 aromatic rings. The van der Waals surface area contributed by atoms with E-state index in [0.29, 0.717) is 40.9 Å². The molecule has 11 heteroatoms. The predicted molar refractivity (Wildman–Crippen MR) is 114 cm³/mol. The van der Waals surface area contributed by atoms with Gasteiger partial charge in [0.05, 0.1) is 5.52 Å². The van der Waals surface area contributed by atoms with Crippen LogP contribution in [0, 0.1) is 0 Å². The van der Waals surface area contributed by atoms with Crippen LogP contribution in [-0.4, -0.2) is 47.7 Å². The van der Waals surface area contributed by atoms with Crippen molar-refractivity contribution in [3.63, 3.8) is 0 Å². The zero-order chi connectivity index (χ0) is 21.3. The Labute approximate surface area is 173 Å². The van der Waals surface area contributed by atoms with Crippen LogP contribution in [0.3, 0.4) is 0 Å². The van der Waals surface area contributed by atoms with E-state index < -0.39 is 10.0 Å². The summed E-state index contributed by atoms with van der Waals surface area (Å²) in [6, 6.07) is 14.6. The van der Waals surface area contributed by atoms with Crippen molar-refractivity contribution in [3.05, 3.63) is 54.1 Å². The number of hydrogen-bond donors (Lipinski definition) is 3. The summed E-state index contributed by atoms with van der Waals surface area (Å²) < 4.78 is 23.8. The van der Waals surface area contributed by atoms with E-state index in [0.717, 1.165) is 5.56 Å². The fourth-order valence-corrected chi connectivity index (χ4v) is 3.66. The van der Waals surface area contributed by atoms with Gasteiger partial charge in [-0.2, -0.15) is 20.1 Å². The Morgan fingerprint density at radius 3 is 2.50 bits per heavy atom. The highest BCUT2D eigenvalue weighted by Gasteiger charge is 2.20. The number of H-pyrrole nitrogens is 1. The third-order valence-electron chi connectivity index (χ3n) is 4.40. The molecule has 0 bridgehead atoms. The van der Waals surface area contributed by atoms with Gasteiger partial charge < -0.3 is 10.2 Å². The number of anilines is 2. The molecule has 10 nitrogen and oxygen atoms in total. The van der Waals surface area contributed by atoms with Crippen LogP contribution < -0.4 is 15.4 Å². The molecule has 0 amide bonds. The Morgan fingerprint density at radius 1 is 1.03 bits per heavy atom. The molecule has 0 unspecified atom stereocenters. The quantitative estimate of drug-likeness (QED) is 0.425. The number of hydrogen-bond acceptors (Lipinski definition) is 8. The normalized spacial score (nSPS) is 11.6. The first kappa shape index (κ1) is 19.7. The minimum Gasteiger partial charge on any atom is -0.350 e. The molecule has 0 saturated carbocycles. The third-order valence-corrected chi connectivity index (χ3v) is 5.35. The van der Waals surface area contributed by atoms with Crippen LogP contribution in [0.2, 0.25) is 0 Å². The van der Waals surface area contributed by atoms with Crippen molar-refractivity contribution in [2.24, 2.45) is 5.14 Å². The van der Waals surface area contributed by atoms with Gasteiger partial charge in [0.15, 0.2) is 5.82 Å². The van der Waals surface area contributed by atoms with Crippen molar-refractivity contribution < 1.29 is 8.42 Å². The van der Waals surface area contributed by atoms with E-state index in [4.69, 9.17) is 5.14 Å². The van der Waals surface area contributed by atoms with E-state index in [1.54, 1.807) is 17.0 Å². The van der Waals surface area contributed by atoms with Gasteiger partial charge in [-0.25, -0.2) is 13.6 Å². The van der Waals surface area contributed by atoms with Gasteiger partial charge in [-0.15, -0.1) is 0 Å². The van der Waals surface area contributed by atoms with Crippen LogP contribution >= 0.6 is 0 Å². The molecule has 0 aliphatic heterocycles. The van der Waals surface area contributed by atoms with Gasteiger partial charge in [-0.1, -0.05) is 42.5 Å². The van der Waals surface area contributed by atoms with Crippen LogP contribution in [0.15, 0.2) is 53.4 Å². The minimum atomic E-state index is -3.91. The number of nitrogens with two attached hydrogens (primary N) is 1. The first-order chi connectivity index (χ1) is 14.3. The van der Waals surface area contributed by atoms with Gasteiger partial charge in [0.2, 0.25) is 21.9 Å². The van der Waals surface area contributed by atoms with Crippen molar-refractivity contribution >= 4 is 32.8 Å². The van der Waals surface area contributed by atoms with E-state index in [1.165, 1.54) is 6.07 Å². The lowest BCUT2D eigenvalue weighted by Crippen LogP contribution is -2.16.